The number of nitrogen functional groups attached to an aromatic ring is 1. The maximum Gasteiger partial charge on any atom is 0.121 e. The van der Waals surface area contributed by atoms with Crippen LogP contribution in [0.5, 0.6) is 5.75 Å². The molecule has 1 aliphatic rings. The molecule has 0 spiro atoms. The molecule has 4 heteroatoms. The van der Waals surface area contributed by atoms with Gasteiger partial charge in [-0.15, -0.1) is 0 Å². The number of anilines is 1. The van der Waals surface area contributed by atoms with Crippen LogP contribution in [0.25, 0.3) is 0 Å². The van der Waals surface area contributed by atoms with Gasteiger partial charge in [0.15, 0.2) is 0 Å². The largest absolute Gasteiger partial charge is 0.491 e. The molecule has 0 aromatic heterocycles. The van der Waals surface area contributed by atoms with E-state index in [4.69, 9.17) is 19.9 Å². The van der Waals surface area contributed by atoms with Crippen LogP contribution in [0.1, 0.15) is 12.8 Å². The van der Waals surface area contributed by atoms with Gasteiger partial charge in [-0.3, -0.25) is 0 Å². The summed E-state index contributed by atoms with van der Waals surface area (Å²) in [6.07, 6.45) is 2.53. The van der Waals surface area contributed by atoms with E-state index >= 15 is 0 Å². The molecule has 1 unspecified atom stereocenters. The van der Waals surface area contributed by atoms with Crippen molar-refractivity contribution in [2.45, 2.75) is 18.9 Å². The standard InChI is InChI=1S/C13H19NO3/c14-11-3-1-4-12(9-11)17-8-7-15-10-13-5-2-6-16-13/h1,3-4,9,13H,2,5-8,10,14H2. The third-order valence-corrected chi connectivity index (χ3v) is 2.68. The second-order valence-corrected chi connectivity index (χ2v) is 4.13. The van der Waals surface area contributed by atoms with Crippen molar-refractivity contribution in [3.05, 3.63) is 24.3 Å². The van der Waals surface area contributed by atoms with E-state index in [9.17, 15) is 0 Å². The van der Waals surface area contributed by atoms with E-state index in [0.717, 1.165) is 25.2 Å². The van der Waals surface area contributed by atoms with Gasteiger partial charge >= 0.3 is 0 Å². The molecule has 0 saturated carbocycles. The summed E-state index contributed by atoms with van der Waals surface area (Å²) >= 11 is 0. The third kappa shape index (κ3) is 4.24. The highest BCUT2D eigenvalue weighted by Crippen LogP contribution is 2.14. The lowest BCUT2D eigenvalue weighted by Gasteiger charge is -2.11. The predicted molar refractivity (Wildman–Crippen MR) is 66.1 cm³/mol. The van der Waals surface area contributed by atoms with Crippen LogP contribution in [0.2, 0.25) is 0 Å². The normalized spacial score (nSPS) is 19.4. The predicted octanol–water partition coefficient (Wildman–Crippen LogP) is 1.84. The Morgan fingerprint density at radius 2 is 2.29 bits per heavy atom. The van der Waals surface area contributed by atoms with E-state index in [0.29, 0.717) is 25.5 Å². The Morgan fingerprint density at radius 3 is 3.06 bits per heavy atom. The number of hydrogen-bond acceptors (Lipinski definition) is 4. The van der Waals surface area contributed by atoms with Crippen molar-refractivity contribution >= 4 is 5.69 Å². The van der Waals surface area contributed by atoms with Gasteiger partial charge in [0.1, 0.15) is 12.4 Å². The first-order chi connectivity index (χ1) is 8.34. The molecule has 1 fully saturated rings. The van der Waals surface area contributed by atoms with Crippen molar-refractivity contribution < 1.29 is 14.2 Å². The van der Waals surface area contributed by atoms with Gasteiger partial charge in [-0.2, -0.15) is 0 Å². The number of rotatable bonds is 6. The minimum absolute atomic E-state index is 0.280. The summed E-state index contributed by atoms with van der Waals surface area (Å²) in [7, 11) is 0. The number of nitrogens with two attached hydrogens (primary N) is 1. The smallest absolute Gasteiger partial charge is 0.121 e. The fourth-order valence-electron chi connectivity index (χ4n) is 1.81. The Kier molecular flexibility index (Phi) is 4.64. The summed E-state index contributed by atoms with van der Waals surface area (Å²) in [5.74, 6) is 0.783. The number of benzene rings is 1. The highest BCUT2D eigenvalue weighted by molar-refractivity contribution is 5.43. The number of hydrogen-bond donors (Lipinski definition) is 1. The van der Waals surface area contributed by atoms with Crippen LogP contribution in [0.3, 0.4) is 0 Å². The molecular weight excluding hydrogens is 218 g/mol. The summed E-state index contributed by atoms with van der Waals surface area (Å²) in [6.45, 7) is 2.65. The van der Waals surface area contributed by atoms with Crippen molar-refractivity contribution in [3.63, 3.8) is 0 Å². The summed E-state index contributed by atoms with van der Waals surface area (Å²) in [5.41, 5.74) is 6.35. The van der Waals surface area contributed by atoms with Gasteiger partial charge in [0.2, 0.25) is 0 Å². The van der Waals surface area contributed by atoms with Gasteiger partial charge in [-0.1, -0.05) is 6.07 Å². The fourth-order valence-corrected chi connectivity index (χ4v) is 1.81. The Morgan fingerprint density at radius 1 is 1.35 bits per heavy atom. The van der Waals surface area contributed by atoms with Crippen molar-refractivity contribution in [1.82, 2.24) is 0 Å². The Bertz CT molecular complexity index is 337. The zero-order chi connectivity index (χ0) is 11.9. The monoisotopic (exact) mass is 237 g/mol. The lowest BCUT2D eigenvalue weighted by atomic mass is 10.2. The van der Waals surface area contributed by atoms with Crippen molar-refractivity contribution in [2.24, 2.45) is 0 Å². The molecule has 1 heterocycles. The molecule has 0 bridgehead atoms. The maximum atomic E-state index is 5.64. The van der Waals surface area contributed by atoms with Gasteiger partial charge < -0.3 is 19.9 Å². The first kappa shape index (κ1) is 12.2. The highest BCUT2D eigenvalue weighted by atomic mass is 16.5. The first-order valence-corrected chi connectivity index (χ1v) is 6.02. The first-order valence-electron chi connectivity index (χ1n) is 6.02. The molecule has 1 aromatic rings. The molecule has 0 amide bonds. The Labute approximate surface area is 102 Å². The quantitative estimate of drug-likeness (QED) is 0.606. The molecule has 4 nitrogen and oxygen atoms in total. The van der Waals surface area contributed by atoms with Gasteiger partial charge in [0.25, 0.3) is 0 Å². The van der Waals surface area contributed by atoms with Crippen LogP contribution in [-0.4, -0.2) is 32.5 Å². The SMILES string of the molecule is Nc1cccc(OCCOCC2CCCO2)c1. The molecular formula is C13H19NO3. The van der Waals surface area contributed by atoms with Crippen LogP contribution < -0.4 is 10.5 Å². The summed E-state index contributed by atoms with van der Waals surface area (Å²) in [5, 5.41) is 0. The van der Waals surface area contributed by atoms with Gasteiger partial charge in [0.05, 0.1) is 19.3 Å². The molecule has 1 atom stereocenters. The van der Waals surface area contributed by atoms with Crippen molar-refractivity contribution in [3.8, 4) is 5.75 Å². The van der Waals surface area contributed by atoms with Gasteiger partial charge in [-0.25, -0.2) is 0 Å². The average Bonchev–Trinajstić information content (AvgIpc) is 2.82. The second kappa shape index (κ2) is 6.47. The molecule has 2 N–H and O–H groups in total. The summed E-state index contributed by atoms with van der Waals surface area (Å²) < 4.78 is 16.4. The van der Waals surface area contributed by atoms with E-state index in [2.05, 4.69) is 0 Å². The van der Waals surface area contributed by atoms with Crippen LogP contribution in [0.4, 0.5) is 5.69 Å². The number of ether oxygens (including phenoxy) is 3. The minimum Gasteiger partial charge on any atom is -0.491 e. The van der Waals surface area contributed by atoms with Crippen LogP contribution in [-0.2, 0) is 9.47 Å². The molecule has 0 radical (unpaired) electrons. The highest BCUT2D eigenvalue weighted by Gasteiger charge is 2.14. The van der Waals surface area contributed by atoms with E-state index < -0.39 is 0 Å². The molecule has 17 heavy (non-hydrogen) atoms. The van der Waals surface area contributed by atoms with E-state index in [-0.39, 0.29) is 6.10 Å². The third-order valence-electron chi connectivity index (χ3n) is 2.68. The zero-order valence-corrected chi connectivity index (χ0v) is 9.93. The fraction of sp³-hybridized carbons (Fsp3) is 0.538. The molecule has 94 valence electrons. The van der Waals surface area contributed by atoms with Crippen LogP contribution >= 0.6 is 0 Å². The molecule has 1 aliphatic heterocycles. The van der Waals surface area contributed by atoms with Crippen molar-refractivity contribution in [1.29, 1.82) is 0 Å². The van der Waals surface area contributed by atoms with Crippen LogP contribution in [0.15, 0.2) is 24.3 Å². The van der Waals surface area contributed by atoms with E-state index in [1.54, 1.807) is 6.07 Å². The van der Waals surface area contributed by atoms with E-state index in [1.807, 2.05) is 18.2 Å². The summed E-state index contributed by atoms with van der Waals surface area (Å²) in [4.78, 5) is 0. The Hall–Kier alpha value is -1.26. The Balaban J connectivity index is 1.56. The summed E-state index contributed by atoms with van der Waals surface area (Å²) in [6, 6.07) is 7.40. The second-order valence-electron chi connectivity index (χ2n) is 4.13. The van der Waals surface area contributed by atoms with E-state index in [1.165, 1.54) is 0 Å². The van der Waals surface area contributed by atoms with Crippen molar-refractivity contribution in [2.75, 3.05) is 32.2 Å². The molecule has 1 saturated heterocycles. The van der Waals surface area contributed by atoms with Crippen LogP contribution in [0, 0.1) is 0 Å². The molecule has 2 rings (SSSR count). The molecule has 0 aliphatic carbocycles. The van der Waals surface area contributed by atoms with Gasteiger partial charge in [0, 0.05) is 18.4 Å². The minimum atomic E-state index is 0.280. The topological polar surface area (TPSA) is 53.7 Å². The zero-order valence-electron chi connectivity index (χ0n) is 9.93. The lowest BCUT2D eigenvalue weighted by molar-refractivity contribution is 0.00854. The van der Waals surface area contributed by atoms with Gasteiger partial charge in [-0.05, 0) is 25.0 Å². The molecule has 1 aromatic carbocycles. The lowest BCUT2D eigenvalue weighted by Crippen LogP contribution is -2.17. The maximum absolute atomic E-state index is 5.64. The average molecular weight is 237 g/mol.